The monoisotopic (exact) mass is 402 g/mol. The molecule has 0 saturated carbocycles. The van der Waals surface area contributed by atoms with Crippen molar-refractivity contribution in [2.75, 3.05) is 0 Å². The molecule has 0 amide bonds. The smallest absolute Gasteiger partial charge is 1.00 e. The zero-order chi connectivity index (χ0) is 8.67. The Kier molecular flexibility index (Phi) is 7.90. The third-order valence-electron chi connectivity index (χ3n) is 2.52. The van der Waals surface area contributed by atoms with Crippen LogP contribution in [0.15, 0.2) is 54.6 Å². The normalized spacial score (nSPS) is 8.47. The molecule has 0 saturated heterocycles. The second-order valence-corrected chi connectivity index (χ2v) is 3.32. The summed E-state index contributed by atoms with van der Waals surface area (Å²) in [4.78, 5) is 0. The van der Waals surface area contributed by atoms with E-state index in [0.29, 0.717) is 0 Å². The Morgan fingerprint density at radius 1 is 0.588 bits per heavy atom. The Labute approximate surface area is 116 Å². The van der Waals surface area contributed by atoms with Gasteiger partial charge in [-0.1, -0.05) is 36.4 Å². The molecular formula is C13H9F3Hf. The van der Waals surface area contributed by atoms with Gasteiger partial charge in [-0.3, -0.25) is 0 Å². The van der Waals surface area contributed by atoms with Crippen molar-refractivity contribution in [2.24, 2.45) is 0 Å². The van der Waals surface area contributed by atoms with Crippen molar-refractivity contribution >= 4 is 21.5 Å². The van der Waals surface area contributed by atoms with Crippen molar-refractivity contribution < 1.29 is 40.0 Å². The zero-order valence-electron chi connectivity index (χ0n) is 8.83. The van der Waals surface area contributed by atoms with Crippen LogP contribution in [0, 0.1) is 0 Å². The van der Waals surface area contributed by atoms with Gasteiger partial charge in [0.25, 0.3) is 0 Å². The Balaban J connectivity index is 0. The van der Waals surface area contributed by atoms with E-state index in [0.717, 1.165) is 0 Å². The van der Waals surface area contributed by atoms with Gasteiger partial charge in [-0.2, -0.15) is 0 Å². The van der Waals surface area contributed by atoms with Gasteiger partial charge in [0.2, 0.25) is 0 Å². The molecule has 86 valence electrons. The van der Waals surface area contributed by atoms with Gasteiger partial charge in [-0.25, -0.2) is 0 Å². The van der Waals surface area contributed by atoms with Crippen LogP contribution in [-0.4, -0.2) is 0 Å². The summed E-state index contributed by atoms with van der Waals surface area (Å²) in [5, 5.41) is 5.39. The topological polar surface area (TPSA) is 0 Å². The fraction of sp³-hybridized carbons (Fsp3) is 0. The molecule has 0 aliphatic carbocycles. The van der Waals surface area contributed by atoms with E-state index >= 15 is 0 Å². The van der Waals surface area contributed by atoms with Gasteiger partial charge in [-0.15, -0.1) is 39.7 Å². The van der Waals surface area contributed by atoms with E-state index in [2.05, 4.69) is 54.6 Å². The molecule has 0 spiro atoms. The van der Waals surface area contributed by atoms with Crippen molar-refractivity contribution in [3.63, 3.8) is 0 Å². The van der Waals surface area contributed by atoms with E-state index in [4.69, 9.17) is 0 Å². The third kappa shape index (κ3) is 3.00. The first-order valence-corrected chi connectivity index (χ1v) is 4.48. The average molecular weight is 401 g/mol. The van der Waals surface area contributed by atoms with Crippen molar-refractivity contribution in [1.29, 1.82) is 0 Å². The summed E-state index contributed by atoms with van der Waals surface area (Å²) < 4.78 is 0. The van der Waals surface area contributed by atoms with Crippen LogP contribution >= 0.6 is 0 Å². The molecule has 0 fully saturated rings. The maximum absolute atomic E-state index is 2.24. The predicted molar refractivity (Wildman–Crippen MR) is 57.0 cm³/mol. The van der Waals surface area contributed by atoms with Gasteiger partial charge in [0, 0.05) is 0 Å². The number of fused-ring (bicyclic) bond motifs is 3. The van der Waals surface area contributed by atoms with Gasteiger partial charge < -0.3 is 14.1 Å². The van der Waals surface area contributed by atoms with Crippen LogP contribution in [0.2, 0.25) is 0 Å². The Bertz CT molecular complexity index is 524. The van der Waals surface area contributed by atoms with Gasteiger partial charge >= 0.3 is 25.8 Å². The van der Waals surface area contributed by atoms with Crippen LogP contribution < -0.4 is 14.1 Å². The fourth-order valence-corrected chi connectivity index (χ4v) is 1.90. The molecule has 0 unspecified atom stereocenters. The summed E-state index contributed by atoms with van der Waals surface area (Å²) in [5.74, 6) is 0. The first-order valence-electron chi connectivity index (χ1n) is 4.48. The molecule has 0 N–H and O–H groups in total. The van der Waals surface area contributed by atoms with Crippen molar-refractivity contribution in [3.05, 3.63) is 54.6 Å². The molecule has 3 aromatic rings. The number of hydrogen-bond donors (Lipinski definition) is 0. The molecule has 0 aliphatic heterocycles. The Morgan fingerprint density at radius 2 is 0.941 bits per heavy atom. The van der Waals surface area contributed by atoms with Crippen molar-refractivity contribution in [3.8, 4) is 0 Å². The quantitative estimate of drug-likeness (QED) is 0.261. The number of halogens is 3. The first kappa shape index (κ1) is 18.3. The molecule has 3 rings (SSSR count). The molecular weight excluding hydrogens is 392 g/mol. The van der Waals surface area contributed by atoms with Crippen LogP contribution in [0.1, 0.15) is 0 Å². The molecule has 0 atom stereocenters. The summed E-state index contributed by atoms with van der Waals surface area (Å²) in [6.45, 7) is 0. The predicted octanol–water partition coefficient (Wildman–Crippen LogP) is -5.28. The Morgan fingerprint density at radius 3 is 1.35 bits per heavy atom. The van der Waals surface area contributed by atoms with Crippen LogP contribution in [0.4, 0.5) is 0 Å². The molecule has 17 heavy (non-hydrogen) atoms. The molecule has 0 radical (unpaired) electrons. The van der Waals surface area contributed by atoms with E-state index in [1.165, 1.54) is 21.5 Å². The van der Waals surface area contributed by atoms with Gasteiger partial charge in [-0.05, 0) is 0 Å². The zero-order valence-corrected chi connectivity index (χ0v) is 12.4. The number of hydrogen-bond acceptors (Lipinski definition) is 0. The largest absolute Gasteiger partial charge is 4.00 e. The van der Waals surface area contributed by atoms with Crippen LogP contribution in [-0.2, 0) is 25.8 Å². The van der Waals surface area contributed by atoms with Gasteiger partial charge in [0.15, 0.2) is 0 Å². The van der Waals surface area contributed by atoms with Crippen molar-refractivity contribution in [2.45, 2.75) is 0 Å². The number of benzene rings is 2. The van der Waals surface area contributed by atoms with Crippen LogP contribution in [0.25, 0.3) is 21.5 Å². The van der Waals surface area contributed by atoms with Crippen molar-refractivity contribution in [1.82, 2.24) is 0 Å². The third-order valence-corrected chi connectivity index (χ3v) is 2.52. The molecule has 0 nitrogen and oxygen atoms in total. The second-order valence-electron chi connectivity index (χ2n) is 3.32. The minimum absolute atomic E-state index is 0. The molecule has 0 heterocycles. The summed E-state index contributed by atoms with van der Waals surface area (Å²) >= 11 is 0. The van der Waals surface area contributed by atoms with Gasteiger partial charge in [0.1, 0.15) is 0 Å². The maximum Gasteiger partial charge on any atom is 4.00 e. The van der Waals surface area contributed by atoms with Crippen LogP contribution in [0.5, 0.6) is 0 Å². The molecule has 3 aromatic carbocycles. The molecule has 4 heteroatoms. The summed E-state index contributed by atoms with van der Waals surface area (Å²) in [6, 6.07) is 19.3. The Hall–Kier alpha value is -1.03. The van der Waals surface area contributed by atoms with E-state index in [-0.39, 0.29) is 40.0 Å². The summed E-state index contributed by atoms with van der Waals surface area (Å²) in [6.07, 6.45) is 0. The molecule has 0 aromatic heterocycles. The summed E-state index contributed by atoms with van der Waals surface area (Å²) in [5.41, 5.74) is 0. The van der Waals surface area contributed by atoms with E-state index in [1.54, 1.807) is 0 Å². The molecule has 0 bridgehead atoms. The van der Waals surface area contributed by atoms with Gasteiger partial charge in [0.05, 0.1) is 0 Å². The minimum atomic E-state index is 0. The summed E-state index contributed by atoms with van der Waals surface area (Å²) in [7, 11) is 0. The van der Waals surface area contributed by atoms with E-state index in [1.807, 2.05) is 0 Å². The first-order chi connectivity index (χ1) is 6.45. The second kappa shape index (κ2) is 7.33. The standard InChI is InChI=1S/C13H9.3FH.Hf/c1-3-7-12-10(5-1)9-11-6-2-4-8-13(11)12;;;;/h1-9H;3*1H;/q-1;;;;+4/p-3. The maximum atomic E-state index is 2.24. The SMILES string of the molecule is [F-].[F-].[F-].[Hf+4].c1ccc2c(c1)[cH-]c1ccccc12. The number of rotatable bonds is 0. The van der Waals surface area contributed by atoms with E-state index < -0.39 is 0 Å². The fourth-order valence-electron chi connectivity index (χ4n) is 1.90. The van der Waals surface area contributed by atoms with Crippen LogP contribution in [0.3, 0.4) is 0 Å². The minimum Gasteiger partial charge on any atom is -1.00 e. The van der Waals surface area contributed by atoms with E-state index in [9.17, 15) is 0 Å². The molecule has 0 aliphatic rings. The average Bonchev–Trinajstić information content (AvgIpc) is 2.56.